The normalized spacial score (nSPS) is 16.8. The summed E-state index contributed by atoms with van der Waals surface area (Å²) >= 11 is 0. The molecule has 0 N–H and O–H groups in total. The molecule has 1 aromatic heterocycles. The summed E-state index contributed by atoms with van der Waals surface area (Å²) in [6, 6.07) is 8.31. The van der Waals surface area contributed by atoms with E-state index >= 15 is 0 Å². The van der Waals surface area contributed by atoms with Crippen LogP contribution in [0.5, 0.6) is 5.75 Å². The van der Waals surface area contributed by atoms with Gasteiger partial charge in [0.1, 0.15) is 5.75 Å². The molecule has 0 aliphatic carbocycles. The van der Waals surface area contributed by atoms with Crippen molar-refractivity contribution in [3.63, 3.8) is 0 Å². The Hall–Kier alpha value is -2.30. The van der Waals surface area contributed by atoms with E-state index in [2.05, 4.69) is 54.5 Å². The zero-order valence-electron chi connectivity index (χ0n) is 17.9. The average molecular weight is 384 g/mol. The fraction of sp³-hybridized carbons (Fsp3) is 0.565. The highest BCUT2D eigenvalue weighted by molar-refractivity contribution is 5.77. The summed E-state index contributed by atoms with van der Waals surface area (Å²) < 4.78 is 7.35. The Balaban J connectivity index is 1.66. The van der Waals surface area contributed by atoms with Crippen LogP contribution in [0.2, 0.25) is 0 Å². The number of aryl methyl sites for hydroxylation is 1. The van der Waals surface area contributed by atoms with Gasteiger partial charge < -0.3 is 9.64 Å². The van der Waals surface area contributed by atoms with E-state index in [0.717, 1.165) is 43.8 Å². The summed E-state index contributed by atoms with van der Waals surface area (Å²) in [6.45, 7) is 10.4. The van der Waals surface area contributed by atoms with E-state index in [-0.39, 0.29) is 11.9 Å². The van der Waals surface area contributed by atoms with Crippen molar-refractivity contribution in [3.05, 3.63) is 46.8 Å². The van der Waals surface area contributed by atoms with Gasteiger partial charge in [0.2, 0.25) is 5.91 Å². The number of hydrogen-bond acceptors (Lipinski definition) is 3. The second-order valence-electron chi connectivity index (χ2n) is 8.24. The zero-order valence-corrected chi connectivity index (χ0v) is 17.9. The van der Waals surface area contributed by atoms with Crippen LogP contribution in [0.3, 0.4) is 0 Å². The molecule has 5 heteroatoms. The molecule has 1 atom stereocenters. The predicted octanol–water partition coefficient (Wildman–Crippen LogP) is 4.46. The number of amides is 1. The standard InChI is InChI=1S/C23H33N3O2/c1-16(2)15-26-18(4)21(17(3)24-26)12-13-23(27)25-14-6-7-22(25)19-8-10-20(28-5)11-9-19/h8-11,16,22H,6-7,12-15H2,1-5H3/t22-/m1/s1. The second-order valence-corrected chi connectivity index (χ2v) is 8.24. The third-order valence-corrected chi connectivity index (χ3v) is 5.73. The van der Waals surface area contributed by atoms with Crippen LogP contribution in [0, 0.1) is 19.8 Å². The SMILES string of the molecule is COc1ccc([C@H]2CCCN2C(=O)CCc2c(C)nn(CC(C)C)c2C)cc1. The predicted molar refractivity (Wildman–Crippen MR) is 112 cm³/mol. The molecule has 1 aliphatic heterocycles. The summed E-state index contributed by atoms with van der Waals surface area (Å²) in [5.74, 6) is 1.65. The molecule has 152 valence electrons. The van der Waals surface area contributed by atoms with Crippen molar-refractivity contribution < 1.29 is 9.53 Å². The number of ether oxygens (including phenoxy) is 1. The van der Waals surface area contributed by atoms with Gasteiger partial charge in [-0.15, -0.1) is 0 Å². The molecular weight excluding hydrogens is 350 g/mol. The van der Waals surface area contributed by atoms with Gasteiger partial charge in [-0.3, -0.25) is 9.48 Å². The van der Waals surface area contributed by atoms with Gasteiger partial charge in [-0.2, -0.15) is 5.10 Å². The first-order valence-electron chi connectivity index (χ1n) is 10.4. The Morgan fingerprint density at radius 1 is 1.25 bits per heavy atom. The van der Waals surface area contributed by atoms with E-state index in [1.54, 1.807) is 7.11 Å². The first-order chi connectivity index (χ1) is 13.4. The molecule has 1 aromatic carbocycles. The molecule has 0 unspecified atom stereocenters. The van der Waals surface area contributed by atoms with E-state index in [1.165, 1.54) is 16.8 Å². The van der Waals surface area contributed by atoms with Crippen LogP contribution in [-0.2, 0) is 17.8 Å². The van der Waals surface area contributed by atoms with Crippen LogP contribution >= 0.6 is 0 Å². The maximum Gasteiger partial charge on any atom is 0.223 e. The molecule has 1 amide bonds. The largest absolute Gasteiger partial charge is 0.497 e. The topological polar surface area (TPSA) is 47.4 Å². The molecule has 1 aliphatic rings. The Bertz CT molecular complexity index is 808. The first-order valence-corrected chi connectivity index (χ1v) is 10.4. The second kappa shape index (κ2) is 8.80. The zero-order chi connectivity index (χ0) is 20.3. The molecule has 1 saturated heterocycles. The van der Waals surface area contributed by atoms with Gasteiger partial charge in [-0.05, 0) is 62.3 Å². The fourth-order valence-electron chi connectivity index (χ4n) is 4.23. The maximum absolute atomic E-state index is 13.0. The lowest BCUT2D eigenvalue weighted by Crippen LogP contribution is -2.30. The number of rotatable bonds is 7. The van der Waals surface area contributed by atoms with E-state index in [9.17, 15) is 4.79 Å². The molecule has 2 heterocycles. The van der Waals surface area contributed by atoms with Crippen molar-refractivity contribution in [2.24, 2.45) is 5.92 Å². The number of carbonyl (C=O) groups excluding carboxylic acids is 1. The van der Waals surface area contributed by atoms with Gasteiger partial charge in [0.25, 0.3) is 0 Å². The number of nitrogens with zero attached hydrogens (tertiary/aromatic N) is 3. The number of likely N-dealkylation sites (tertiary alicyclic amines) is 1. The lowest BCUT2D eigenvalue weighted by molar-refractivity contribution is -0.132. The van der Waals surface area contributed by atoms with Crippen molar-refractivity contribution in [3.8, 4) is 5.75 Å². The minimum absolute atomic E-state index is 0.185. The van der Waals surface area contributed by atoms with Crippen molar-refractivity contribution in [1.82, 2.24) is 14.7 Å². The quantitative estimate of drug-likeness (QED) is 0.709. The Kier molecular flexibility index (Phi) is 6.42. The molecule has 3 rings (SSSR count). The monoisotopic (exact) mass is 383 g/mol. The number of benzene rings is 1. The van der Waals surface area contributed by atoms with Crippen LogP contribution in [0.4, 0.5) is 0 Å². The number of carbonyl (C=O) groups is 1. The molecule has 1 fully saturated rings. The van der Waals surface area contributed by atoms with E-state index in [1.807, 2.05) is 12.1 Å². The van der Waals surface area contributed by atoms with E-state index in [0.29, 0.717) is 12.3 Å². The number of methoxy groups -OCH3 is 1. The highest BCUT2D eigenvalue weighted by atomic mass is 16.5. The summed E-state index contributed by atoms with van der Waals surface area (Å²) in [5.41, 5.74) is 4.68. The third-order valence-electron chi connectivity index (χ3n) is 5.73. The fourth-order valence-corrected chi connectivity index (χ4v) is 4.23. The van der Waals surface area contributed by atoms with Crippen LogP contribution in [0.25, 0.3) is 0 Å². The number of aromatic nitrogens is 2. The van der Waals surface area contributed by atoms with Gasteiger partial charge >= 0.3 is 0 Å². The average Bonchev–Trinajstić information content (AvgIpc) is 3.25. The first kappa shape index (κ1) is 20.4. The van der Waals surface area contributed by atoms with Gasteiger partial charge in [0, 0.05) is 25.2 Å². The molecule has 0 spiro atoms. The maximum atomic E-state index is 13.0. The Labute approximate surface area is 168 Å². The summed E-state index contributed by atoms with van der Waals surface area (Å²) in [4.78, 5) is 15.1. The van der Waals surface area contributed by atoms with Crippen molar-refractivity contribution >= 4 is 5.91 Å². The lowest BCUT2D eigenvalue weighted by Gasteiger charge is -2.25. The minimum atomic E-state index is 0.185. The molecule has 0 saturated carbocycles. The summed E-state index contributed by atoms with van der Waals surface area (Å²) in [5, 5.41) is 4.68. The van der Waals surface area contributed by atoms with Crippen LogP contribution in [0.1, 0.15) is 61.7 Å². The molecular formula is C23H33N3O2. The summed E-state index contributed by atoms with van der Waals surface area (Å²) in [6.07, 6.45) is 3.40. The van der Waals surface area contributed by atoms with Crippen molar-refractivity contribution in [1.29, 1.82) is 0 Å². The molecule has 0 bridgehead atoms. The Morgan fingerprint density at radius 2 is 1.96 bits per heavy atom. The molecule has 0 radical (unpaired) electrons. The summed E-state index contributed by atoms with van der Waals surface area (Å²) in [7, 11) is 1.67. The van der Waals surface area contributed by atoms with E-state index in [4.69, 9.17) is 4.74 Å². The van der Waals surface area contributed by atoms with Crippen molar-refractivity contribution in [2.75, 3.05) is 13.7 Å². The van der Waals surface area contributed by atoms with Gasteiger partial charge in [-0.1, -0.05) is 26.0 Å². The van der Waals surface area contributed by atoms with E-state index < -0.39 is 0 Å². The molecule has 5 nitrogen and oxygen atoms in total. The van der Waals surface area contributed by atoms with Gasteiger partial charge in [0.05, 0.1) is 18.8 Å². The molecule has 2 aromatic rings. The highest BCUT2D eigenvalue weighted by Gasteiger charge is 2.29. The minimum Gasteiger partial charge on any atom is -0.497 e. The molecule has 28 heavy (non-hydrogen) atoms. The van der Waals surface area contributed by atoms with Crippen LogP contribution in [-0.4, -0.2) is 34.2 Å². The highest BCUT2D eigenvalue weighted by Crippen LogP contribution is 2.33. The van der Waals surface area contributed by atoms with Crippen molar-refractivity contribution in [2.45, 2.75) is 66.0 Å². The lowest BCUT2D eigenvalue weighted by atomic mass is 10.0. The third kappa shape index (κ3) is 4.40. The Morgan fingerprint density at radius 3 is 2.61 bits per heavy atom. The smallest absolute Gasteiger partial charge is 0.223 e. The van der Waals surface area contributed by atoms with Gasteiger partial charge in [0.15, 0.2) is 0 Å². The van der Waals surface area contributed by atoms with Crippen LogP contribution < -0.4 is 4.74 Å². The van der Waals surface area contributed by atoms with Crippen LogP contribution in [0.15, 0.2) is 24.3 Å². The number of hydrogen-bond donors (Lipinski definition) is 0. The van der Waals surface area contributed by atoms with Gasteiger partial charge in [-0.25, -0.2) is 0 Å².